The number of nitrogens with two attached hydrogens (primary N) is 1. The summed E-state index contributed by atoms with van der Waals surface area (Å²) in [4.78, 5) is 6.55. The molecule has 2 atom stereocenters. The lowest BCUT2D eigenvalue weighted by atomic mass is 10.0. The molecule has 1 aromatic heterocycles. The third-order valence-electron chi connectivity index (χ3n) is 3.41. The van der Waals surface area contributed by atoms with Gasteiger partial charge in [-0.15, -0.1) is 0 Å². The third-order valence-corrected chi connectivity index (χ3v) is 3.41. The largest absolute Gasteiger partial charge is 0.481 e. The monoisotopic (exact) mass is 251 g/mol. The van der Waals surface area contributed by atoms with Gasteiger partial charge in [0.25, 0.3) is 0 Å². The molecular weight excluding hydrogens is 226 g/mol. The van der Waals surface area contributed by atoms with Gasteiger partial charge in [-0.1, -0.05) is 26.3 Å². The standard InChI is InChI=1S/C14H25N3O/c1-5-11(2)10-17(3)13(8-15)12-6-7-14(18-4)16-9-12/h6-7,9,11,13H,5,8,10,15H2,1-4H3. The normalized spacial score (nSPS) is 14.6. The summed E-state index contributed by atoms with van der Waals surface area (Å²) in [6.45, 7) is 6.12. The van der Waals surface area contributed by atoms with E-state index >= 15 is 0 Å². The van der Waals surface area contributed by atoms with Gasteiger partial charge in [0.2, 0.25) is 5.88 Å². The van der Waals surface area contributed by atoms with Crippen molar-refractivity contribution in [3.8, 4) is 5.88 Å². The highest BCUT2D eigenvalue weighted by Gasteiger charge is 2.17. The van der Waals surface area contributed by atoms with Crippen LogP contribution in [0, 0.1) is 5.92 Å². The van der Waals surface area contributed by atoms with Crippen molar-refractivity contribution in [3.63, 3.8) is 0 Å². The fraction of sp³-hybridized carbons (Fsp3) is 0.643. The van der Waals surface area contributed by atoms with Crippen molar-refractivity contribution >= 4 is 0 Å². The van der Waals surface area contributed by atoms with Crippen molar-refractivity contribution < 1.29 is 4.74 Å². The molecule has 2 N–H and O–H groups in total. The van der Waals surface area contributed by atoms with E-state index in [0.29, 0.717) is 18.3 Å². The predicted molar refractivity (Wildman–Crippen MR) is 74.7 cm³/mol. The topological polar surface area (TPSA) is 51.4 Å². The van der Waals surface area contributed by atoms with Gasteiger partial charge in [-0.05, 0) is 18.5 Å². The molecule has 102 valence electrons. The molecule has 0 aromatic carbocycles. The number of methoxy groups -OCH3 is 1. The molecule has 4 nitrogen and oxygen atoms in total. The molecule has 0 aliphatic rings. The predicted octanol–water partition coefficient (Wildman–Crippen LogP) is 2.07. The number of hydrogen-bond donors (Lipinski definition) is 1. The highest BCUT2D eigenvalue weighted by Crippen LogP contribution is 2.20. The Hall–Kier alpha value is -1.13. The second kappa shape index (κ2) is 7.34. The smallest absolute Gasteiger partial charge is 0.212 e. The van der Waals surface area contributed by atoms with Crippen LogP contribution in [0.4, 0.5) is 0 Å². The molecule has 1 heterocycles. The Morgan fingerprint density at radius 1 is 1.44 bits per heavy atom. The molecule has 18 heavy (non-hydrogen) atoms. The fourth-order valence-electron chi connectivity index (χ4n) is 2.03. The summed E-state index contributed by atoms with van der Waals surface area (Å²) < 4.78 is 5.07. The molecule has 0 radical (unpaired) electrons. The number of likely N-dealkylation sites (N-methyl/N-ethyl adjacent to an activating group) is 1. The number of aromatic nitrogens is 1. The highest BCUT2D eigenvalue weighted by atomic mass is 16.5. The third kappa shape index (κ3) is 3.96. The van der Waals surface area contributed by atoms with E-state index in [0.717, 1.165) is 12.1 Å². The lowest BCUT2D eigenvalue weighted by Crippen LogP contribution is -2.33. The Kier molecular flexibility index (Phi) is 6.09. The summed E-state index contributed by atoms with van der Waals surface area (Å²) in [7, 11) is 3.74. The lowest BCUT2D eigenvalue weighted by molar-refractivity contribution is 0.215. The van der Waals surface area contributed by atoms with E-state index in [1.807, 2.05) is 18.3 Å². The zero-order valence-corrected chi connectivity index (χ0v) is 11.9. The molecule has 1 rings (SSSR count). The molecule has 0 spiro atoms. The molecule has 2 unspecified atom stereocenters. The van der Waals surface area contributed by atoms with Crippen LogP contribution in [0.25, 0.3) is 0 Å². The zero-order chi connectivity index (χ0) is 13.5. The van der Waals surface area contributed by atoms with E-state index in [4.69, 9.17) is 10.5 Å². The molecule has 0 bridgehead atoms. The van der Waals surface area contributed by atoms with Crippen LogP contribution in [0.1, 0.15) is 31.9 Å². The Bertz CT molecular complexity index is 339. The summed E-state index contributed by atoms with van der Waals surface area (Å²) in [6, 6.07) is 4.14. The molecule has 0 aliphatic carbocycles. The Morgan fingerprint density at radius 3 is 2.61 bits per heavy atom. The van der Waals surface area contributed by atoms with Crippen molar-refractivity contribution in [2.24, 2.45) is 11.7 Å². The van der Waals surface area contributed by atoms with Gasteiger partial charge in [-0.2, -0.15) is 0 Å². The Balaban J connectivity index is 2.74. The summed E-state index contributed by atoms with van der Waals surface area (Å²) in [5.41, 5.74) is 7.04. The Labute approximate surface area is 110 Å². The van der Waals surface area contributed by atoms with Gasteiger partial charge in [-0.25, -0.2) is 4.98 Å². The average Bonchev–Trinajstić information content (AvgIpc) is 2.40. The van der Waals surface area contributed by atoms with Crippen LogP contribution in [0.2, 0.25) is 0 Å². The number of nitrogens with zero attached hydrogens (tertiary/aromatic N) is 2. The Morgan fingerprint density at radius 2 is 2.17 bits per heavy atom. The number of hydrogen-bond acceptors (Lipinski definition) is 4. The zero-order valence-electron chi connectivity index (χ0n) is 11.9. The van der Waals surface area contributed by atoms with E-state index in [-0.39, 0.29) is 6.04 Å². The van der Waals surface area contributed by atoms with E-state index in [1.54, 1.807) is 7.11 Å². The van der Waals surface area contributed by atoms with Crippen molar-refractivity contribution in [2.45, 2.75) is 26.3 Å². The molecule has 0 saturated heterocycles. The van der Waals surface area contributed by atoms with E-state index < -0.39 is 0 Å². The minimum absolute atomic E-state index is 0.220. The fourth-order valence-corrected chi connectivity index (χ4v) is 2.03. The van der Waals surface area contributed by atoms with E-state index in [9.17, 15) is 0 Å². The van der Waals surface area contributed by atoms with Crippen LogP contribution in [0.3, 0.4) is 0 Å². The van der Waals surface area contributed by atoms with Gasteiger partial charge in [-0.3, -0.25) is 4.90 Å². The maximum Gasteiger partial charge on any atom is 0.212 e. The van der Waals surface area contributed by atoms with Gasteiger partial charge >= 0.3 is 0 Å². The second-order valence-electron chi connectivity index (χ2n) is 4.84. The van der Waals surface area contributed by atoms with Gasteiger partial charge < -0.3 is 10.5 Å². The quantitative estimate of drug-likeness (QED) is 0.806. The molecule has 0 amide bonds. The van der Waals surface area contributed by atoms with Crippen molar-refractivity contribution in [1.82, 2.24) is 9.88 Å². The van der Waals surface area contributed by atoms with Crippen molar-refractivity contribution in [2.75, 3.05) is 27.2 Å². The summed E-state index contributed by atoms with van der Waals surface area (Å²) >= 11 is 0. The first-order valence-electron chi connectivity index (χ1n) is 6.52. The summed E-state index contributed by atoms with van der Waals surface area (Å²) in [5, 5.41) is 0. The van der Waals surface area contributed by atoms with Crippen molar-refractivity contribution in [3.05, 3.63) is 23.9 Å². The first-order valence-corrected chi connectivity index (χ1v) is 6.52. The first-order chi connectivity index (χ1) is 8.62. The van der Waals surface area contributed by atoms with Crippen LogP contribution < -0.4 is 10.5 Å². The summed E-state index contributed by atoms with van der Waals surface area (Å²) in [5.74, 6) is 1.31. The van der Waals surface area contributed by atoms with Gasteiger partial charge in [0.1, 0.15) is 0 Å². The number of rotatable bonds is 7. The molecular formula is C14H25N3O. The maximum absolute atomic E-state index is 5.89. The van der Waals surface area contributed by atoms with Crippen molar-refractivity contribution in [1.29, 1.82) is 0 Å². The second-order valence-corrected chi connectivity index (χ2v) is 4.84. The number of ether oxygens (including phenoxy) is 1. The maximum atomic E-state index is 5.89. The average molecular weight is 251 g/mol. The van der Waals surface area contributed by atoms with Crippen LogP contribution >= 0.6 is 0 Å². The van der Waals surface area contributed by atoms with Crippen LogP contribution in [-0.2, 0) is 0 Å². The lowest BCUT2D eigenvalue weighted by Gasteiger charge is -2.29. The number of pyridine rings is 1. The minimum atomic E-state index is 0.220. The van der Waals surface area contributed by atoms with E-state index in [1.165, 1.54) is 6.42 Å². The SMILES string of the molecule is CCC(C)CN(C)C(CN)c1ccc(OC)nc1. The van der Waals surface area contributed by atoms with Gasteiger partial charge in [0, 0.05) is 31.4 Å². The highest BCUT2D eigenvalue weighted by molar-refractivity contribution is 5.21. The van der Waals surface area contributed by atoms with E-state index in [2.05, 4.69) is 30.8 Å². The minimum Gasteiger partial charge on any atom is -0.481 e. The van der Waals surface area contributed by atoms with Gasteiger partial charge in [0.05, 0.1) is 7.11 Å². The van der Waals surface area contributed by atoms with Crippen LogP contribution in [0.15, 0.2) is 18.3 Å². The molecule has 1 aromatic rings. The van der Waals surface area contributed by atoms with Crippen LogP contribution in [-0.4, -0.2) is 37.1 Å². The molecule has 0 saturated carbocycles. The molecule has 0 fully saturated rings. The summed E-state index contributed by atoms with van der Waals surface area (Å²) in [6.07, 6.45) is 3.03. The molecule has 0 aliphatic heterocycles. The van der Waals surface area contributed by atoms with Gasteiger partial charge in [0.15, 0.2) is 0 Å². The van der Waals surface area contributed by atoms with Crippen LogP contribution in [0.5, 0.6) is 5.88 Å². The molecule has 4 heteroatoms. The first kappa shape index (κ1) is 14.9.